The molecule has 0 fully saturated rings. The number of alkyl halides is 3. The van der Waals surface area contributed by atoms with Gasteiger partial charge in [0.25, 0.3) is 0 Å². The van der Waals surface area contributed by atoms with E-state index in [1.54, 1.807) is 22.6 Å². The number of nitrogens with zero attached hydrogens (tertiary/aromatic N) is 1. The number of halogens is 4. The highest BCUT2D eigenvalue weighted by atomic mass is 127. The fraction of sp³-hybridized carbons (Fsp3) is 0.250. The average Bonchev–Trinajstić information content (AvgIpc) is 2.11. The summed E-state index contributed by atoms with van der Waals surface area (Å²) in [4.78, 5) is 0. The van der Waals surface area contributed by atoms with Crippen molar-refractivity contribution in [3.8, 4) is 0 Å². The van der Waals surface area contributed by atoms with Crippen LogP contribution in [0.1, 0.15) is 5.69 Å². The van der Waals surface area contributed by atoms with E-state index in [4.69, 9.17) is 0 Å². The van der Waals surface area contributed by atoms with Crippen molar-refractivity contribution in [3.05, 3.63) is 14.6 Å². The summed E-state index contributed by atoms with van der Waals surface area (Å²) in [6.07, 6.45) is -4.29. The Hall–Kier alpha value is 0.150. The Morgan fingerprint density at radius 1 is 1.50 bits per heavy atom. The van der Waals surface area contributed by atoms with Gasteiger partial charge in [-0.2, -0.15) is 17.5 Å². The quantitative estimate of drug-likeness (QED) is 0.665. The van der Waals surface area contributed by atoms with Crippen molar-refractivity contribution in [1.29, 1.82) is 0 Å². The second-order valence-corrected chi connectivity index (χ2v) is 4.21. The van der Waals surface area contributed by atoms with E-state index in [0.717, 1.165) is 17.6 Å². The molecule has 0 aliphatic heterocycles. The maximum atomic E-state index is 11.7. The minimum absolute atomic E-state index is 0.546. The van der Waals surface area contributed by atoms with E-state index in [-0.39, 0.29) is 0 Å². The SMILES string of the molecule is FC(F)(F)c1cc(I)sn1. The first-order valence-corrected chi connectivity index (χ1v) is 4.05. The van der Waals surface area contributed by atoms with Crippen molar-refractivity contribution in [2.45, 2.75) is 6.18 Å². The van der Waals surface area contributed by atoms with Crippen LogP contribution in [0.3, 0.4) is 0 Å². The van der Waals surface area contributed by atoms with Crippen LogP contribution in [0, 0.1) is 2.88 Å². The molecule has 6 heteroatoms. The molecule has 0 atom stereocenters. The summed E-state index contributed by atoms with van der Waals surface area (Å²) in [5.41, 5.74) is -0.804. The van der Waals surface area contributed by atoms with Gasteiger partial charge in [0.2, 0.25) is 0 Å². The van der Waals surface area contributed by atoms with E-state index in [0.29, 0.717) is 2.88 Å². The van der Waals surface area contributed by atoms with Crippen LogP contribution < -0.4 is 0 Å². The van der Waals surface area contributed by atoms with Crippen molar-refractivity contribution >= 4 is 34.1 Å². The van der Waals surface area contributed by atoms with Crippen molar-refractivity contribution in [2.24, 2.45) is 0 Å². The molecule has 0 aliphatic carbocycles. The van der Waals surface area contributed by atoms with Crippen molar-refractivity contribution < 1.29 is 13.2 Å². The highest BCUT2D eigenvalue weighted by molar-refractivity contribution is 14.1. The summed E-state index contributed by atoms with van der Waals surface area (Å²) >= 11 is 2.64. The first-order chi connectivity index (χ1) is 4.50. The number of hydrogen-bond donors (Lipinski definition) is 0. The summed E-state index contributed by atoms with van der Waals surface area (Å²) in [6, 6.07) is 1.02. The van der Waals surface area contributed by atoms with Gasteiger partial charge in [-0.25, -0.2) is 0 Å². The molecule has 0 saturated heterocycles. The molecule has 0 radical (unpaired) electrons. The molecule has 10 heavy (non-hydrogen) atoms. The molecule has 0 amide bonds. The summed E-state index contributed by atoms with van der Waals surface area (Å²) in [5, 5.41) is 0. The Morgan fingerprint density at radius 3 is 2.30 bits per heavy atom. The van der Waals surface area contributed by atoms with E-state index in [2.05, 4.69) is 4.37 Å². The minimum Gasteiger partial charge on any atom is -0.187 e. The molecule has 0 spiro atoms. The summed E-state index contributed by atoms with van der Waals surface area (Å²) in [6.45, 7) is 0. The van der Waals surface area contributed by atoms with Crippen LogP contribution in [-0.2, 0) is 6.18 Å². The van der Waals surface area contributed by atoms with Crippen molar-refractivity contribution in [1.82, 2.24) is 4.37 Å². The largest absolute Gasteiger partial charge is 0.434 e. The van der Waals surface area contributed by atoms with E-state index >= 15 is 0 Å². The zero-order valence-corrected chi connectivity index (χ0v) is 7.42. The molecule has 0 bridgehead atoms. The Kier molecular flexibility index (Phi) is 2.18. The van der Waals surface area contributed by atoms with Crippen LogP contribution in [-0.4, -0.2) is 4.37 Å². The van der Waals surface area contributed by atoms with Crippen LogP contribution in [0.2, 0.25) is 0 Å². The Labute approximate surface area is 72.6 Å². The van der Waals surface area contributed by atoms with E-state index < -0.39 is 11.9 Å². The molecule has 0 N–H and O–H groups in total. The highest BCUT2D eigenvalue weighted by Crippen LogP contribution is 2.30. The van der Waals surface area contributed by atoms with Gasteiger partial charge >= 0.3 is 6.18 Å². The third kappa shape index (κ3) is 1.82. The zero-order chi connectivity index (χ0) is 7.78. The van der Waals surface area contributed by atoms with E-state index in [1.165, 1.54) is 0 Å². The second kappa shape index (κ2) is 2.65. The first kappa shape index (κ1) is 8.25. The smallest absolute Gasteiger partial charge is 0.187 e. The van der Waals surface area contributed by atoms with Crippen LogP contribution in [0.25, 0.3) is 0 Å². The van der Waals surface area contributed by atoms with E-state index in [9.17, 15) is 13.2 Å². The molecule has 1 aromatic rings. The lowest BCUT2D eigenvalue weighted by Gasteiger charge is -1.98. The fourth-order valence-electron chi connectivity index (χ4n) is 0.387. The molecule has 56 valence electrons. The van der Waals surface area contributed by atoms with Crippen molar-refractivity contribution in [3.63, 3.8) is 0 Å². The summed E-state index contributed by atoms with van der Waals surface area (Å²) in [5.74, 6) is 0. The molecule has 0 aliphatic rings. The average molecular weight is 279 g/mol. The predicted octanol–water partition coefficient (Wildman–Crippen LogP) is 2.77. The molecular formula is C4HF3INS. The van der Waals surface area contributed by atoms with Gasteiger partial charge in [0, 0.05) is 0 Å². The summed E-state index contributed by atoms with van der Waals surface area (Å²) < 4.78 is 39.0. The van der Waals surface area contributed by atoms with E-state index in [1.807, 2.05) is 0 Å². The Balaban J connectivity index is 2.96. The lowest BCUT2D eigenvalue weighted by Crippen LogP contribution is -2.04. The molecule has 0 unspecified atom stereocenters. The number of hydrogen-bond acceptors (Lipinski definition) is 2. The maximum Gasteiger partial charge on any atom is 0.434 e. The normalized spacial score (nSPS) is 12.0. The third-order valence-electron chi connectivity index (χ3n) is 0.772. The standard InChI is InChI=1S/C4HF3INS/c5-4(6,7)2-1-3(8)10-9-2/h1H. The van der Waals surface area contributed by atoms with Gasteiger partial charge in [0.05, 0.1) is 2.88 Å². The summed E-state index contributed by atoms with van der Waals surface area (Å²) in [7, 11) is 0. The molecule has 1 aromatic heterocycles. The van der Waals surface area contributed by atoms with Gasteiger partial charge in [-0.15, -0.1) is 0 Å². The van der Waals surface area contributed by atoms with Crippen LogP contribution in [0.15, 0.2) is 6.07 Å². The highest BCUT2D eigenvalue weighted by Gasteiger charge is 2.33. The molecule has 0 saturated carbocycles. The maximum absolute atomic E-state index is 11.7. The minimum atomic E-state index is -4.29. The van der Waals surface area contributed by atoms with Gasteiger partial charge in [-0.3, -0.25) is 0 Å². The lowest BCUT2D eigenvalue weighted by atomic mass is 10.4. The van der Waals surface area contributed by atoms with Gasteiger partial charge in [-0.05, 0) is 40.2 Å². The Morgan fingerprint density at radius 2 is 2.10 bits per heavy atom. The number of rotatable bonds is 0. The fourth-order valence-corrected chi connectivity index (χ4v) is 1.48. The monoisotopic (exact) mass is 279 g/mol. The first-order valence-electron chi connectivity index (χ1n) is 2.19. The predicted molar refractivity (Wildman–Crippen MR) is 39.8 cm³/mol. The molecule has 1 nitrogen and oxygen atoms in total. The third-order valence-corrected chi connectivity index (χ3v) is 2.25. The molecule has 1 rings (SSSR count). The van der Waals surface area contributed by atoms with Crippen LogP contribution in [0.5, 0.6) is 0 Å². The molecular weight excluding hydrogens is 278 g/mol. The van der Waals surface area contributed by atoms with Crippen LogP contribution in [0.4, 0.5) is 13.2 Å². The topological polar surface area (TPSA) is 12.9 Å². The van der Waals surface area contributed by atoms with Crippen molar-refractivity contribution in [2.75, 3.05) is 0 Å². The Bertz CT molecular complexity index is 231. The second-order valence-electron chi connectivity index (χ2n) is 1.51. The number of aromatic nitrogens is 1. The molecule has 0 aromatic carbocycles. The molecule has 1 heterocycles. The van der Waals surface area contributed by atoms with Gasteiger partial charge in [0.1, 0.15) is 0 Å². The van der Waals surface area contributed by atoms with Gasteiger partial charge in [0.15, 0.2) is 5.69 Å². The zero-order valence-electron chi connectivity index (χ0n) is 4.44. The van der Waals surface area contributed by atoms with Crippen LogP contribution >= 0.6 is 34.1 Å². The van der Waals surface area contributed by atoms with Gasteiger partial charge < -0.3 is 0 Å². The lowest BCUT2D eigenvalue weighted by molar-refractivity contribution is -0.140. The van der Waals surface area contributed by atoms with Gasteiger partial charge in [-0.1, -0.05) is 0 Å².